The summed E-state index contributed by atoms with van der Waals surface area (Å²) in [7, 11) is 2.70. The van der Waals surface area contributed by atoms with Crippen LogP contribution in [-0.4, -0.2) is 89.3 Å². The Morgan fingerprint density at radius 3 is 2.33 bits per heavy atom. The molecule has 3 atom stereocenters. The number of nitrogens with zero attached hydrogens (tertiary/aromatic N) is 3. The number of likely N-dealkylation sites (tertiary alicyclic amines) is 1. The van der Waals surface area contributed by atoms with Gasteiger partial charge in [0, 0.05) is 42.9 Å². The Bertz CT molecular complexity index is 1700. The van der Waals surface area contributed by atoms with Crippen LogP contribution in [0.5, 0.6) is 17.2 Å². The van der Waals surface area contributed by atoms with Crippen LogP contribution in [0.1, 0.15) is 17.5 Å². The van der Waals surface area contributed by atoms with Crippen LogP contribution in [0, 0.1) is 0 Å². The van der Waals surface area contributed by atoms with Crippen LogP contribution < -0.4 is 18.5 Å². The van der Waals surface area contributed by atoms with Gasteiger partial charge in [0.1, 0.15) is 22.1 Å². The Kier molecular flexibility index (Phi) is 8.07. The van der Waals surface area contributed by atoms with E-state index < -0.39 is 33.6 Å². The van der Waals surface area contributed by atoms with Crippen molar-refractivity contribution in [3.63, 3.8) is 0 Å². The molecule has 0 spiro atoms. The number of aliphatic hydroxyl groups is 1. The summed E-state index contributed by atoms with van der Waals surface area (Å²) in [5.41, 5.74) is -1.39. The van der Waals surface area contributed by atoms with Crippen LogP contribution in [0.4, 0.5) is 5.69 Å². The number of methoxy groups -OCH3 is 3. The Labute approximate surface area is 255 Å². The Morgan fingerprint density at radius 2 is 1.67 bits per heavy atom. The number of fused-ring (bicyclic) bond motifs is 1. The van der Waals surface area contributed by atoms with E-state index in [-0.39, 0.29) is 57.1 Å². The molecule has 0 saturated carbocycles. The predicted octanol–water partition coefficient (Wildman–Crippen LogP) is 2.87. The first-order valence-corrected chi connectivity index (χ1v) is 15.2. The second-order valence-corrected chi connectivity index (χ2v) is 12.6. The molecular formula is C30H32ClN3O8S. The molecule has 1 saturated heterocycles. The summed E-state index contributed by atoms with van der Waals surface area (Å²) in [4.78, 5) is 31.4. The third-order valence-electron chi connectivity index (χ3n) is 7.88. The number of likely N-dealkylation sites (N-methyl/N-ethyl adjacent to an activating group) is 1. The first kappa shape index (κ1) is 30.6. The summed E-state index contributed by atoms with van der Waals surface area (Å²) in [5, 5.41) is 11.2. The first-order valence-electron chi connectivity index (χ1n) is 13.3. The first-order chi connectivity index (χ1) is 20.4. The zero-order chi connectivity index (χ0) is 31.3. The molecule has 13 heteroatoms. The quantitative estimate of drug-likeness (QED) is 0.400. The predicted molar refractivity (Wildman–Crippen MR) is 159 cm³/mol. The fraction of sp³-hybridized carbons (Fsp3) is 0.333. The Hall–Kier alpha value is -3.84. The number of sulfonamides is 1. The number of carbonyl (C=O) groups excluding carboxylic acids is 2. The van der Waals surface area contributed by atoms with E-state index in [0.717, 1.165) is 4.31 Å². The summed E-state index contributed by atoms with van der Waals surface area (Å²) in [6, 6.07) is 14.3. The van der Waals surface area contributed by atoms with Crippen LogP contribution >= 0.6 is 11.6 Å². The minimum atomic E-state index is -4.64. The van der Waals surface area contributed by atoms with E-state index in [9.17, 15) is 18.3 Å². The van der Waals surface area contributed by atoms with Crippen molar-refractivity contribution in [2.75, 3.05) is 46.3 Å². The number of carbonyl (C=O) groups is 2. The molecule has 3 aromatic carbocycles. The highest BCUT2D eigenvalue weighted by Crippen LogP contribution is 2.55. The minimum Gasteiger partial charge on any atom is -0.497 e. The number of rotatable bonds is 8. The van der Waals surface area contributed by atoms with Gasteiger partial charge in [-0.15, -0.1) is 0 Å². The Balaban J connectivity index is 1.86. The molecule has 2 amide bonds. The fourth-order valence-electron chi connectivity index (χ4n) is 6.02. The van der Waals surface area contributed by atoms with Gasteiger partial charge in [-0.25, -0.2) is 12.7 Å². The van der Waals surface area contributed by atoms with E-state index in [2.05, 4.69) is 0 Å². The standard InChI is InChI=1S/C30H32ClN3O8S/c1-32(2)28(36)24-15-19(35)17-33(24)30(21-8-6-7-9-25(21)41-4)22-14-18(31)10-12-23(22)34(29(30)37)43(38,39)27-13-11-20(40-3)16-26(27)42-5/h6-14,16,19,24,35H,15,17H2,1-5H3/t19-,24-,30+/m0/s1. The van der Waals surface area contributed by atoms with E-state index in [1.54, 1.807) is 43.3 Å². The molecule has 0 aromatic heterocycles. The number of benzene rings is 3. The lowest BCUT2D eigenvalue weighted by Crippen LogP contribution is -2.59. The highest BCUT2D eigenvalue weighted by Gasteiger charge is 2.64. The second kappa shape index (κ2) is 11.3. The van der Waals surface area contributed by atoms with Crippen molar-refractivity contribution in [2.45, 2.75) is 29.0 Å². The Morgan fingerprint density at radius 1 is 0.977 bits per heavy atom. The summed E-state index contributed by atoms with van der Waals surface area (Å²) < 4.78 is 46.1. The summed E-state index contributed by atoms with van der Waals surface area (Å²) in [6.45, 7) is -0.111. The molecule has 0 unspecified atom stereocenters. The molecule has 0 aliphatic carbocycles. The second-order valence-electron chi connectivity index (χ2n) is 10.5. The number of para-hydroxylation sites is 1. The molecule has 0 bridgehead atoms. The number of aliphatic hydroxyl groups excluding tert-OH is 1. The van der Waals surface area contributed by atoms with E-state index in [4.69, 9.17) is 25.8 Å². The van der Waals surface area contributed by atoms with Crippen molar-refractivity contribution in [2.24, 2.45) is 0 Å². The van der Waals surface area contributed by atoms with Gasteiger partial charge in [-0.2, -0.15) is 0 Å². The van der Waals surface area contributed by atoms with Gasteiger partial charge in [-0.3, -0.25) is 14.5 Å². The molecular weight excluding hydrogens is 598 g/mol. The zero-order valence-corrected chi connectivity index (χ0v) is 25.8. The third-order valence-corrected chi connectivity index (χ3v) is 9.85. The van der Waals surface area contributed by atoms with E-state index in [1.807, 2.05) is 0 Å². The van der Waals surface area contributed by atoms with Crippen LogP contribution in [0.25, 0.3) is 0 Å². The number of anilines is 1. The van der Waals surface area contributed by atoms with Gasteiger partial charge >= 0.3 is 0 Å². The molecule has 43 heavy (non-hydrogen) atoms. The fourth-order valence-corrected chi connectivity index (χ4v) is 7.80. The lowest BCUT2D eigenvalue weighted by atomic mass is 9.80. The van der Waals surface area contributed by atoms with Crippen molar-refractivity contribution in [1.82, 2.24) is 9.80 Å². The van der Waals surface area contributed by atoms with E-state index in [1.165, 1.54) is 62.6 Å². The van der Waals surface area contributed by atoms with Gasteiger partial charge in [0.25, 0.3) is 15.9 Å². The molecule has 228 valence electrons. The molecule has 1 fully saturated rings. The molecule has 5 rings (SSSR count). The zero-order valence-electron chi connectivity index (χ0n) is 24.3. The highest BCUT2D eigenvalue weighted by atomic mass is 35.5. The van der Waals surface area contributed by atoms with Gasteiger partial charge in [0.05, 0.1) is 39.2 Å². The number of hydrogen-bond acceptors (Lipinski definition) is 9. The van der Waals surface area contributed by atoms with Gasteiger partial charge in [-0.05, 0) is 42.8 Å². The molecule has 2 aliphatic heterocycles. The molecule has 2 heterocycles. The van der Waals surface area contributed by atoms with Crippen LogP contribution in [0.15, 0.2) is 65.6 Å². The van der Waals surface area contributed by atoms with Crippen LogP contribution in [0.3, 0.4) is 0 Å². The van der Waals surface area contributed by atoms with Crippen molar-refractivity contribution >= 4 is 39.1 Å². The lowest BCUT2D eigenvalue weighted by molar-refractivity contribution is -0.138. The normalized spacial score (nSPS) is 21.9. The van der Waals surface area contributed by atoms with E-state index >= 15 is 4.79 Å². The topological polar surface area (TPSA) is 126 Å². The molecule has 1 N–H and O–H groups in total. The number of hydrogen-bond donors (Lipinski definition) is 1. The van der Waals surface area contributed by atoms with Gasteiger partial charge in [0.15, 0.2) is 5.54 Å². The maximum absolute atomic E-state index is 15.2. The maximum Gasteiger partial charge on any atom is 0.274 e. The summed E-state index contributed by atoms with van der Waals surface area (Å²) in [5.74, 6) is -0.650. The smallest absolute Gasteiger partial charge is 0.274 e. The lowest BCUT2D eigenvalue weighted by Gasteiger charge is -2.42. The van der Waals surface area contributed by atoms with Crippen molar-refractivity contribution < 1.29 is 37.3 Å². The maximum atomic E-state index is 15.2. The number of ether oxygens (including phenoxy) is 3. The highest BCUT2D eigenvalue weighted by molar-refractivity contribution is 7.93. The van der Waals surface area contributed by atoms with Crippen LogP contribution in [-0.2, 0) is 25.2 Å². The van der Waals surface area contributed by atoms with Crippen molar-refractivity contribution in [1.29, 1.82) is 0 Å². The SMILES string of the molecule is COc1ccc(S(=O)(=O)N2C(=O)[C@](c3ccccc3OC)(N3C[C@@H](O)C[C@H]3C(=O)N(C)C)c3cc(Cl)ccc32)c(OC)c1. The molecule has 3 aromatic rings. The molecule has 2 aliphatic rings. The summed E-state index contributed by atoms with van der Waals surface area (Å²) in [6.07, 6.45) is -0.959. The van der Waals surface area contributed by atoms with Gasteiger partial charge < -0.3 is 24.2 Å². The average Bonchev–Trinajstić information content (AvgIpc) is 3.50. The van der Waals surface area contributed by atoms with Gasteiger partial charge in [0.2, 0.25) is 5.91 Å². The number of halogens is 1. The molecule has 0 radical (unpaired) electrons. The third kappa shape index (κ3) is 4.69. The largest absolute Gasteiger partial charge is 0.497 e. The summed E-state index contributed by atoms with van der Waals surface area (Å²) >= 11 is 6.52. The minimum absolute atomic E-state index is 0.0240. The van der Waals surface area contributed by atoms with Crippen molar-refractivity contribution in [3.8, 4) is 17.2 Å². The molecule has 11 nitrogen and oxygen atoms in total. The van der Waals surface area contributed by atoms with Crippen LogP contribution in [0.2, 0.25) is 5.02 Å². The van der Waals surface area contributed by atoms with E-state index in [0.29, 0.717) is 5.75 Å². The van der Waals surface area contributed by atoms with Gasteiger partial charge in [-0.1, -0.05) is 29.8 Å². The number of β-amino-alcohol motifs (C(OH)–C–C–N with tert-alkyl or cyclic N) is 1. The monoisotopic (exact) mass is 629 g/mol. The number of amides is 2. The average molecular weight is 630 g/mol. The van der Waals surface area contributed by atoms with Crippen molar-refractivity contribution in [3.05, 3.63) is 76.8 Å².